The van der Waals surface area contributed by atoms with Crippen molar-refractivity contribution < 1.29 is 9.90 Å². The summed E-state index contributed by atoms with van der Waals surface area (Å²) in [5.41, 5.74) is 0.504. The van der Waals surface area contributed by atoms with Crippen LogP contribution in [0.3, 0.4) is 0 Å². The molecule has 0 fully saturated rings. The highest BCUT2D eigenvalue weighted by atomic mass is 28.4. The highest BCUT2D eigenvalue weighted by Gasteiger charge is 2.36. The summed E-state index contributed by atoms with van der Waals surface area (Å²) in [6.45, 7) is 15.6. The van der Waals surface area contributed by atoms with E-state index < -0.39 is 22.1 Å². The van der Waals surface area contributed by atoms with Gasteiger partial charge >= 0.3 is 5.97 Å². The van der Waals surface area contributed by atoms with Gasteiger partial charge in [0.05, 0.1) is 0 Å². The van der Waals surface area contributed by atoms with Crippen molar-refractivity contribution >= 4 is 22.1 Å². The Kier molecular flexibility index (Phi) is 4.55. The van der Waals surface area contributed by atoms with Gasteiger partial charge in [0.1, 0.15) is 0 Å². The summed E-state index contributed by atoms with van der Waals surface area (Å²) in [5, 5.41) is 9.45. The van der Waals surface area contributed by atoms with E-state index in [2.05, 4.69) is 39.3 Å². The van der Waals surface area contributed by atoms with Crippen molar-refractivity contribution in [3.63, 3.8) is 0 Å². The molecule has 0 atom stereocenters. The molecule has 0 saturated heterocycles. The molecule has 0 unspecified atom stereocenters. The second kappa shape index (κ2) is 4.66. The van der Waals surface area contributed by atoms with Crippen LogP contribution in [0.25, 0.3) is 0 Å². The predicted octanol–water partition coefficient (Wildman–Crippen LogP) is 3.60. The lowest BCUT2D eigenvalue weighted by atomic mass is 10.3. The standard InChI is InChI=1S/C11H24O2Si2/c1-9(11(12)13)8-10(14(2,3)4)15(5,6)7/h8,10H,1-7H3,(H,12,13)/b9-8+. The van der Waals surface area contributed by atoms with Crippen molar-refractivity contribution in [2.24, 2.45) is 0 Å². The van der Waals surface area contributed by atoms with Crippen molar-refractivity contribution in [2.45, 2.75) is 51.4 Å². The molecule has 0 aliphatic rings. The van der Waals surface area contributed by atoms with Gasteiger partial charge < -0.3 is 5.11 Å². The number of carboxylic acids is 1. The number of carbonyl (C=O) groups is 1. The van der Waals surface area contributed by atoms with Gasteiger partial charge in [-0.25, -0.2) is 4.79 Å². The third-order valence-electron chi connectivity index (χ3n) is 2.62. The first-order chi connectivity index (χ1) is 6.46. The number of hydrogen-bond acceptors (Lipinski definition) is 1. The molecule has 0 rings (SSSR count). The van der Waals surface area contributed by atoms with Crippen molar-refractivity contribution in [3.8, 4) is 0 Å². The van der Waals surface area contributed by atoms with Gasteiger partial charge in [-0.1, -0.05) is 45.4 Å². The van der Waals surface area contributed by atoms with Crippen molar-refractivity contribution in [1.29, 1.82) is 0 Å². The average molecular weight is 244 g/mol. The lowest BCUT2D eigenvalue weighted by molar-refractivity contribution is -0.132. The maximum Gasteiger partial charge on any atom is 0.330 e. The van der Waals surface area contributed by atoms with Gasteiger partial charge in [0.15, 0.2) is 0 Å². The van der Waals surface area contributed by atoms with Gasteiger partial charge in [-0.15, -0.1) is 0 Å². The van der Waals surface area contributed by atoms with Crippen LogP contribution in [0.5, 0.6) is 0 Å². The molecule has 0 saturated carbocycles. The fourth-order valence-corrected chi connectivity index (χ4v) is 14.0. The van der Waals surface area contributed by atoms with E-state index >= 15 is 0 Å². The second-order valence-electron chi connectivity index (χ2n) is 6.36. The minimum absolute atomic E-state index is 0.504. The zero-order valence-corrected chi connectivity index (χ0v) is 13.0. The quantitative estimate of drug-likeness (QED) is 0.606. The monoisotopic (exact) mass is 244 g/mol. The van der Waals surface area contributed by atoms with Crippen LogP contribution in [0, 0.1) is 0 Å². The van der Waals surface area contributed by atoms with Crippen LogP contribution in [0.4, 0.5) is 0 Å². The zero-order valence-electron chi connectivity index (χ0n) is 11.0. The van der Waals surface area contributed by atoms with E-state index in [4.69, 9.17) is 5.11 Å². The van der Waals surface area contributed by atoms with E-state index in [-0.39, 0.29) is 0 Å². The van der Waals surface area contributed by atoms with E-state index in [1.807, 2.05) is 6.08 Å². The summed E-state index contributed by atoms with van der Waals surface area (Å²) in [5.74, 6) is -0.781. The van der Waals surface area contributed by atoms with Crippen molar-refractivity contribution in [1.82, 2.24) is 0 Å². The smallest absolute Gasteiger partial charge is 0.330 e. The molecule has 0 aromatic heterocycles. The SMILES string of the molecule is C/C(=C\C([Si](C)(C)C)[Si](C)(C)C)C(=O)O. The van der Waals surface area contributed by atoms with Crippen LogP contribution in [0.15, 0.2) is 11.6 Å². The Morgan fingerprint density at radius 2 is 1.40 bits per heavy atom. The highest BCUT2D eigenvalue weighted by molar-refractivity contribution is 6.97. The topological polar surface area (TPSA) is 37.3 Å². The van der Waals surface area contributed by atoms with Crippen LogP contribution in [-0.4, -0.2) is 27.2 Å². The third-order valence-corrected chi connectivity index (χ3v) is 11.9. The Morgan fingerprint density at radius 1 is 1.07 bits per heavy atom. The molecular formula is C11H24O2Si2. The van der Waals surface area contributed by atoms with Crippen molar-refractivity contribution in [2.75, 3.05) is 0 Å². The molecule has 0 aliphatic carbocycles. The highest BCUT2D eigenvalue weighted by Crippen LogP contribution is 2.34. The molecule has 1 N–H and O–H groups in total. The van der Waals surface area contributed by atoms with Gasteiger partial charge in [0.25, 0.3) is 0 Å². The molecule has 0 aromatic rings. The maximum absolute atomic E-state index is 10.9. The third kappa shape index (κ3) is 4.79. The lowest BCUT2D eigenvalue weighted by Crippen LogP contribution is -2.43. The van der Waals surface area contributed by atoms with Crippen LogP contribution in [-0.2, 0) is 4.79 Å². The fourth-order valence-electron chi connectivity index (χ4n) is 2.12. The summed E-state index contributed by atoms with van der Waals surface area (Å²) >= 11 is 0. The van der Waals surface area contributed by atoms with Gasteiger partial charge in [-0.3, -0.25) is 0 Å². The normalized spacial score (nSPS) is 14.5. The molecule has 0 amide bonds. The summed E-state index contributed by atoms with van der Waals surface area (Å²) in [6, 6.07) is 0. The van der Waals surface area contributed by atoms with E-state index in [1.165, 1.54) is 0 Å². The molecule has 0 spiro atoms. The summed E-state index contributed by atoms with van der Waals surface area (Å²) in [7, 11) is -2.62. The number of hydrogen-bond donors (Lipinski definition) is 1. The first kappa shape index (κ1) is 14.6. The van der Waals surface area contributed by atoms with Crippen molar-refractivity contribution in [3.05, 3.63) is 11.6 Å². The Balaban J connectivity index is 5.17. The molecule has 0 aliphatic heterocycles. The Bertz CT molecular complexity index is 255. The van der Waals surface area contributed by atoms with E-state index in [0.29, 0.717) is 10.7 Å². The summed E-state index contributed by atoms with van der Waals surface area (Å²) in [4.78, 5) is 10.9. The van der Waals surface area contributed by atoms with E-state index in [9.17, 15) is 4.79 Å². The average Bonchev–Trinajstić information content (AvgIpc) is 1.94. The number of aliphatic carboxylic acids is 1. The molecule has 0 bridgehead atoms. The summed E-state index contributed by atoms with van der Waals surface area (Å²) < 4.78 is 0. The first-order valence-electron chi connectivity index (χ1n) is 5.38. The predicted molar refractivity (Wildman–Crippen MR) is 71.8 cm³/mol. The zero-order chi connectivity index (χ0) is 12.4. The van der Waals surface area contributed by atoms with Crippen LogP contribution in [0.2, 0.25) is 44.4 Å². The van der Waals surface area contributed by atoms with Gasteiger partial charge in [-0.2, -0.15) is 0 Å². The Morgan fingerprint density at radius 3 is 1.60 bits per heavy atom. The molecule has 15 heavy (non-hydrogen) atoms. The van der Waals surface area contributed by atoms with Gasteiger partial charge in [0.2, 0.25) is 0 Å². The van der Waals surface area contributed by atoms with E-state index in [1.54, 1.807) is 6.92 Å². The molecule has 0 heterocycles. The fraction of sp³-hybridized carbons (Fsp3) is 0.727. The molecular weight excluding hydrogens is 220 g/mol. The molecule has 88 valence electrons. The molecule has 2 nitrogen and oxygen atoms in total. The molecule has 4 heteroatoms. The van der Waals surface area contributed by atoms with Crippen LogP contribution >= 0.6 is 0 Å². The number of carboxylic acid groups (broad SMARTS) is 1. The Hall–Kier alpha value is -0.356. The van der Waals surface area contributed by atoms with E-state index in [0.717, 1.165) is 0 Å². The number of allylic oxidation sites excluding steroid dienone is 1. The van der Waals surface area contributed by atoms with Crippen LogP contribution < -0.4 is 0 Å². The van der Waals surface area contributed by atoms with Gasteiger partial charge in [0, 0.05) is 21.7 Å². The maximum atomic E-state index is 10.9. The summed E-state index contributed by atoms with van der Waals surface area (Å²) in [6.07, 6.45) is 2.01. The van der Waals surface area contributed by atoms with Crippen LogP contribution in [0.1, 0.15) is 6.92 Å². The van der Waals surface area contributed by atoms with Gasteiger partial charge in [-0.05, 0) is 12.1 Å². The lowest BCUT2D eigenvalue weighted by Gasteiger charge is -2.36. The minimum Gasteiger partial charge on any atom is -0.478 e. The largest absolute Gasteiger partial charge is 0.478 e. The molecule has 0 radical (unpaired) electrons. The minimum atomic E-state index is -1.31. The number of rotatable bonds is 4. The first-order valence-corrected chi connectivity index (χ1v) is 12.5. The second-order valence-corrected chi connectivity index (χ2v) is 17.7. The Labute approximate surface area is 95.4 Å². The molecule has 0 aromatic carbocycles.